The molecule has 21 heavy (non-hydrogen) atoms. The summed E-state index contributed by atoms with van der Waals surface area (Å²) in [6, 6.07) is 3.19. The molecule has 9 heteroatoms. The van der Waals surface area contributed by atoms with Gasteiger partial charge in [0.1, 0.15) is 10.5 Å². The van der Waals surface area contributed by atoms with Crippen LogP contribution in [0.2, 0.25) is 0 Å². The van der Waals surface area contributed by atoms with Gasteiger partial charge in [-0.05, 0) is 17.9 Å². The molecule has 0 aliphatic carbocycles. The molecule has 0 fully saturated rings. The number of sulfonamides is 1. The van der Waals surface area contributed by atoms with Crippen molar-refractivity contribution in [1.82, 2.24) is 14.7 Å². The van der Waals surface area contributed by atoms with Gasteiger partial charge in [-0.3, -0.25) is 0 Å². The Kier molecular flexibility index (Phi) is 5.21. The second kappa shape index (κ2) is 6.92. The van der Waals surface area contributed by atoms with Gasteiger partial charge in [-0.25, -0.2) is 27.5 Å². The predicted molar refractivity (Wildman–Crippen MR) is 79.4 cm³/mol. The number of halogens is 1. The minimum Gasteiger partial charge on any atom is -0.366 e. The Balaban J connectivity index is 1.88. The van der Waals surface area contributed by atoms with E-state index in [9.17, 15) is 12.8 Å². The van der Waals surface area contributed by atoms with E-state index in [4.69, 9.17) is 0 Å². The molecular weight excluding hydrogens is 315 g/mol. The fraction of sp³-hybridized carbons (Fsp3) is 0.333. The summed E-state index contributed by atoms with van der Waals surface area (Å²) in [6.07, 6.45) is 1.74. The summed E-state index contributed by atoms with van der Waals surface area (Å²) in [6.45, 7) is 2.15. The van der Waals surface area contributed by atoms with Crippen molar-refractivity contribution in [1.29, 1.82) is 0 Å². The lowest BCUT2D eigenvalue weighted by Crippen LogP contribution is -2.28. The lowest BCUT2D eigenvalue weighted by atomic mass is 10.3. The Bertz CT molecular complexity index is 689. The van der Waals surface area contributed by atoms with Gasteiger partial charge in [0, 0.05) is 13.1 Å². The zero-order chi connectivity index (χ0) is 15.3. The van der Waals surface area contributed by atoms with Gasteiger partial charge < -0.3 is 5.32 Å². The SMILES string of the molecule is CCc1ncnc(NCCNS(=O)(=O)c2cccs2)c1F. The normalized spacial score (nSPS) is 11.5. The Morgan fingerprint density at radius 1 is 1.33 bits per heavy atom. The van der Waals surface area contributed by atoms with Crippen LogP contribution in [0.25, 0.3) is 0 Å². The first-order chi connectivity index (χ1) is 10.0. The fourth-order valence-corrected chi connectivity index (χ4v) is 3.70. The van der Waals surface area contributed by atoms with E-state index in [0.29, 0.717) is 12.1 Å². The van der Waals surface area contributed by atoms with Crippen molar-refractivity contribution >= 4 is 27.2 Å². The molecule has 0 aliphatic heterocycles. The number of anilines is 1. The zero-order valence-corrected chi connectivity index (χ0v) is 13.0. The lowest BCUT2D eigenvalue weighted by Gasteiger charge is -2.09. The third kappa shape index (κ3) is 3.96. The van der Waals surface area contributed by atoms with Crippen LogP contribution in [0.3, 0.4) is 0 Å². The lowest BCUT2D eigenvalue weighted by molar-refractivity contribution is 0.584. The molecule has 0 spiro atoms. The molecule has 2 aromatic rings. The maximum Gasteiger partial charge on any atom is 0.250 e. The van der Waals surface area contributed by atoms with E-state index < -0.39 is 15.8 Å². The number of hydrogen-bond donors (Lipinski definition) is 2. The number of nitrogens with one attached hydrogen (secondary N) is 2. The molecule has 2 rings (SSSR count). The van der Waals surface area contributed by atoms with Crippen LogP contribution in [0.5, 0.6) is 0 Å². The van der Waals surface area contributed by atoms with Gasteiger partial charge in [0.25, 0.3) is 0 Å². The minimum absolute atomic E-state index is 0.0807. The zero-order valence-electron chi connectivity index (χ0n) is 11.3. The maximum atomic E-state index is 13.8. The molecule has 0 saturated carbocycles. The molecule has 2 heterocycles. The highest BCUT2D eigenvalue weighted by atomic mass is 32.2. The average molecular weight is 330 g/mol. The number of thiophene rings is 1. The van der Waals surface area contributed by atoms with Gasteiger partial charge in [0.15, 0.2) is 11.6 Å². The number of nitrogens with zero attached hydrogens (tertiary/aromatic N) is 2. The van der Waals surface area contributed by atoms with E-state index in [1.54, 1.807) is 18.4 Å². The second-order valence-electron chi connectivity index (χ2n) is 4.09. The van der Waals surface area contributed by atoms with Crippen LogP contribution in [-0.2, 0) is 16.4 Å². The van der Waals surface area contributed by atoms with Crippen molar-refractivity contribution in [3.8, 4) is 0 Å². The number of aryl methyl sites for hydroxylation is 1. The van der Waals surface area contributed by atoms with E-state index in [2.05, 4.69) is 20.0 Å². The standard InChI is InChI=1S/C12H15FN4O2S2/c1-2-9-11(13)12(16-8-15-9)14-5-6-17-21(18,19)10-4-3-7-20-10/h3-4,7-8,17H,2,5-6H2,1H3,(H,14,15,16). The molecule has 0 amide bonds. The first-order valence-corrected chi connectivity index (χ1v) is 8.67. The van der Waals surface area contributed by atoms with E-state index in [0.717, 1.165) is 11.3 Å². The summed E-state index contributed by atoms with van der Waals surface area (Å²) in [5, 5.41) is 4.45. The first kappa shape index (κ1) is 15.8. The third-order valence-corrected chi connectivity index (χ3v) is 5.52. The number of rotatable bonds is 7. The minimum atomic E-state index is -3.49. The Morgan fingerprint density at radius 2 is 2.14 bits per heavy atom. The van der Waals surface area contributed by atoms with Crippen molar-refractivity contribution in [3.05, 3.63) is 35.4 Å². The monoisotopic (exact) mass is 330 g/mol. The number of hydrogen-bond acceptors (Lipinski definition) is 6. The smallest absolute Gasteiger partial charge is 0.250 e. The largest absolute Gasteiger partial charge is 0.366 e. The van der Waals surface area contributed by atoms with Crippen molar-refractivity contribution in [2.24, 2.45) is 0 Å². The molecule has 0 atom stereocenters. The van der Waals surface area contributed by atoms with Crippen molar-refractivity contribution in [2.75, 3.05) is 18.4 Å². The summed E-state index contributed by atoms with van der Waals surface area (Å²) in [4.78, 5) is 7.62. The van der Waals surface area contributed by atoms with Crippen molar-refractivity contribution < 1.29 is 12.8 Å². The maximum absolute atomic E-state index is 13.8. The average Bonchev–Trinajstić information content (AvgIpc) is 3.00. The highest BCUT2D eigenvalue weighted by Crippen LogP contribution is 2.15. The first-order valence-electron chi connectivity index (χ1n) is 6.31. The molecule has 2 N–H and O–H groups in total. The Hall–Kier alpha value is -1.58. The van der Waals surface area contributed by atoms with Gasteiger partial charge >= 0.3 is 0 Å². The van der Waals surface area contributed by atoms with Crippen LogP contribution >= 0.6 is 11.3 Å². The van der Waals surface area contributed by atoms with Crippen LogP contribution < -0.4 is 10.0 Å². The van der Waals surface area contributed by atoms with E-state index in [1.807, 2.05) is 0 Å². The van der Waals surface area contributed by atoms with Crippen LogP contribution in [0.15, 0.2) is 28.0 Å². The summed E-state index contributed by atoms with van der Waals surface area (Å²) < 4.78 is 40.2. The summed E-state index contributed by atoms with van der Waals surface area (Å²) in [5.74, 6) is -0.418. The van der Waals surface area contributed by atoms with Gasteiger partial charge in [0.05, 0.1) is 5.69 Å². The topological polar surface area (TPSA) is 84.0 Å². The van der Waals surface area contributed by atoms with Crippen molar-refractivity contribution in [3.63, 3.8) is 0 Å². The highest BCUT2D eigenvalue weighted by Gasteiger charge is 2.14. The van der Waals surface area contributed by atoms with Gasteiger partial charge in [-0.1, -0.05) is 13.0 Å². The second-order valence-corrected chi connectivity index (χ2v) is 7.03. The van der Waals surface area contributed by atoms with Gasteiger partial charge in [-0.2, -0.15) is 0 Å². The molecule has 0 unspecified atom stereocenters. The molecule has 6 nitrogen and oxygen atoms in total. The molecular formula is C12H15FN4O2S2. The molecule has 0 saturated heterocycles. The quantitative estimate of drug-likeness (QED) is 0.754. The summed E-state index contributed by atoms with van der Waals surface area (Å²) >= 11 is 1.14. The molecule has 0 bridgehead atoms. The molecule has 0 radical (unpaired) electrons. The van der Waals surface area contributed by atoms with Crippen LogP contribution in [0.1, 0.15) is 12.6 Å². The highest BCUT2D eigenvalue weighted by molar-refractivity contribution is 7.91. The van der Waals surface area contributed by atoms with Gasteiger partial charge in [0.2, 0.25) is 10.0 Å². The van der Waals surface area contributed by atoms with Gasteiger partial charge in [-0.15, -0.1) is 11.3 Å². The summed E-state index contributed by atoms with van der Waals surface area (Å²) in [7, 11) is -3.49. The van der Waals surface area contributed by atoms with Crippen molar-refractivity contribution in [2.45, 2.75) is 17.6 Å². The summed E-state index contributed by atoms with van der Waals surface area (Å²) in [5.41, 5.74) is 0.326. The van der Waals surface area contributed by atoms with E-state index >= 15 is 0 Å². The fourth-order valence-electron chi connectivity index (χ4n) is 1.63. The Morgan fingerprint density at radius 3 is 2.81 bits per heavy atom. The van der Waals surface area contributed by atoms with Crippen LogP contribution in [0.4, 0.5) is 10.2 Å². The molecule has 114 valence electrons. The molecule has 0 aliphatic rings. The molecule has 2 aromatic heterocycles. The third-order valence-electron chi connectivity index (χ3n) is 2.67. The Labute approximate surface area is 126 Å². The molecule has 0 aromatic carbocycles. The van der Waals surface area contributed by atoms with E-state index in [-0.39, 0.29) is 23.1 Å². The predicted octanol–water partition coefficient (Wildman–Crippen LogP) is 1.63. The number of aromatic nitrogens is 2. The van der Waals surface area contributed by atoms with Crippen LogP contribution in [-0.4, -0.2) is 31.5 Å². The van der Waals surface area contributed by atoms with Crippen LogP contribution in [0, 0.1) is 5.82 Å². The van der Waals surface area contributed by atoms with E-state index in [1.165, 1.54) is 12.4 Å².